The first-order valence-corrected chi connectivity index (χ1v) is 12.6. The van der Waals surface area contributed by atoms with Gasteiger partial charge in [-0.25, -0.2) is 5.43 Å². The van der Waals surface area contributed by atoms with Crippen LogP contribution in [-0.4, -0.2) is 42.1 Å². The number of carbonyl (C=O) groups is 1. The summed E-state index contributed by atoms with van der Waals surface area (Å²) in [6, 6.07) is 20.2. The van der Waals surface area contributed by atoms with Crippen molar-refractivity contribution < 1.29 is 18.0 Å². The van der Waals surface area contributed by atoms with Gasteiger partial charge >= 0.3 is 6.18 Å². The SMILES string of the molecule is CCC1NN(Cc2ccc(-c3ccccc3-c3nn[nH]n3)cc2)C(=NC(=O)c2ccccc2C(F)(F)F)S1. The van der Waals surface area contributed by atoms with E-state index in [2.05, 4.69) is 31.0 Å². The highest BCUT2D eigenvalue weighted by Gasteiger charge is 2.35. The highest BCUT2D eigenvalue weighted by Crippen LogP contribution is 2.33. The molecule has 0 saturated carbocycles. The Labute approximate surface area is 220 Å². The maximum absolute atomic E-state index is 13.4. The number of amidine groups is 1. The maximum atomic E-state index is 13.4. The molecule has 3 aromatic carbocycles. The highest BCUT2D eigenvalue weighted by molar-refractivity contribution is 8.14. The average molecular weight is 538 g/mol. The van der Waals surface area contributed by atoms with Crippen LogP contribution >= 0.6 is 11.8 Å². The van der Waals surface area contributed by atoms with E-state index in [0.29, 0.717) is 17.5 Å². The molecule has 0 spiro atoms. The fourth-order valence-corrected chi connectivity index (χ4v) is 5.04. The standard InChI is InChI=1S/C26H22F3N7OS/c1-2-22-33-36(25(38-22)30-24(37)20-9-5-6-10-21(20)26(27,28)29)15-16-11-13-17(14-12-16)18-7-3-4-8-19(18)23-31-34-35-32-23/h3-14,22,33H,2,15H2,1H3,(H,31,32,34,35). The molecule has 194 valence electrons. The zero-order valence-corrected chi connectivity index (χ0v) is 20.9. The second-order valence-corrected chi connectivity index (χ2v) is 9.62. The van der Waals surface area contributed by atoms with Gasteiger partial charge in [-0.05, 0) is 40.5 Å². The second kappa shape index (κ2) is 10.8. The summed E-state index contributed by atoms with van der Waals surface area (Å²) in [6.45, 7) is 2.34. The Bertz CT molecular complexity index is 1460. The number of amides is 1. The van der Waals surface area contributed by atoms with E-state index in [1.807, 2.05) is 55.5 Å². The summed E-state index contributed by atoms with van der Waals surface area (Å²) in [4.78, 5) is 16.9. The number of aromatic amines is 1. The lowest BCUT2D eigenvalue weighted by molar-refractivity contribution is -0.137. The molecule has 38 heavy (non-hydrogen) atoms. The van der Waals surface area contributed by atoms with Gasteiger partial charge in [-0.2, -0.15) is 23.4 Å². The van der Waals surface area contributed by atoms with Crippen molar-refractivity contribution in [3.63, 3.8) is 0 Å². The largest absolute Gasteiger partial charge is 0.417 e. The molecule has 1 amide bonds. The predicted octanol–water partition coefficient (Wildman–Crippen LogP) is 5.54. The molecule has 8 nitrogen and oxygen atoms in total. The van der Waals surface area contributed by atoms with Crippen molar-refractivity contribution in [1.29, 1.82) is 0 Å². The number of tetrazole rings is 1. The van der Waals surface area contributed by atoms with Crippen molar-refractivity contribution in [2.24, 2.45) is 4.99 Å². The van der Waals surface area contributed by atoms with Crippen molar-refractivity contribution in [3.05, 3.63) is 89.5 Å². The summed E-state index contributed by atoms with van der Waals surface area (Å²) in [5.41, 5.74) is 5.46. The number of aliphatic imine (C=N–C) groups is 1. The average Bonchev–Trinajstić information content (AvgIpc) is 3.59. The first-order valence-electron chi connectivity index (χ1n) is 11.7. The summed E-state index contributed by atoms with van der Waals surface area (Å²) in [5, 5.41) is 16.2. The van der Waals surface area contributed by atoms with Gasteiger partial charge in [0.05, 0.1) is 23.0 Å². The number of nitrogens with zero attached hydrogens (tertiary/aromatic N) is 5. The molecule has 1 aliphatic rings. The molecule has 12 heteroatoms. The van der Waals surface area contributed by atoms with E-state index in [0.717, 1.165) is 40.8 Å². The molecule has 4 aromatic rings. The Morgan fingerprint density at radius 1 is 1.03 bits per heavy atom. The molecule has 1 fully saturated rings. The summed E-state index contributed by atoms with van der Waals surface area (Å²) in [6.07, 6.45) is -3.91. The maximum Gasteiger partial charge on any atom is 0.417 e. The number of H-pyrrole nitrogens is 1. The minimum Gasteiger partial charge on any atom is -0.281 e. The van der Waals surface area contributed by atoms with E-state index in [1.165, 1.54) is 23.9 Å². The number of aromatic nitrogens is 4. The number of hydrogen-bond acceptors (Lipinski definition) is 6. The van der Waals surface area contributed by atoms with Gasteiger partial charge in [-0.15, -0.1) is 10.2 Å². The van der Waals surface area contributed by atoms with Crippen LogP contribution < -0.4 is 5.43 Å². The number of rotatable bonds is 6. The number of hydrogen-bond donors (Lipinski definition) is 2. The van der Waals surface area contributed by atoms with Gasteiger partial charge in [0.15, 0.2) is 5.17 Å². The van der Waals surface area contributed by atoms with Crippen molar-refractivity contribution in [3.8, 4) is 22.5 Å². The Morgan fingerprint density at radius 3 is 2.42 bits per heavy atom. The minimum atomic E-state index is -4.65. The number of alkyl halides is 3. The predicted molar refractivity (Wildman–Crippen MR) is 139 cm³/mol. The molecule has 2 heterocycles. The number of carbonyl (C=O) groups excluding carboxylic acids is 1. The van der Waals surface area contributed by atoms with Crippen LogP contribution in [0, 0.1) is 0 Å². The summed E-state index contributed by atoms with van der Waals surface area (Å²) < 4.78 is 40.3. The van der Waals surface area contributed by atoms with Crippen LogP contribution in [0.1, 0.15) is 34.8 Å². The zero-order valence-electron chi connectivity index (χ0n) is 20.1. The van der Waals surface area contributed by atoms with Gasteiger partial charge in [0.1, 0.15) is 0 Å². The third-order valence-corrected chi connectivity index (χ3v) is 7.17. The van der Waals surface area contributed by atoms with Gasteiger partial charge in [0, 0.05) is 5.56 Å². The van der Waals surface area contributed by atoms with Crippen LogP contribution in [0.5, 0.6) is 0 Å². The number of benzene rings is 3. The molecule has 5 rings (SSSR count). The number of thioether (sulfide) groups is 1. The Morgan fingerprint density at radius 2 is 1.74 bits per heavy atom. The summed E-state index contributed by atoms with van der Waals surface area (Å²) >= 11 is 1.31. The molecule has 1 unspecified atom stereocenters. The number of hydrazine groups is 1. The van der Waals surface area contributed by atoms with E-state index in [9.17, 15) is 18.0 Å². The smallest absolute Gasteiger partial charge is 0.281 e. The fraction of sp³-hybridized carbons (Fsp3) is 0.192. The van der Waals surface area contributed by atoms with E-state index >= 15 is 0 Å². The van der Waals surface area contributed by atoms with Crippen LogP contribution in [0.25, 0.3) is 22.5 Å². The molecule has 2 N–H and O–H groups in total. The van der Waals surface area contributed by atoms with Crippen molar-refractivity contribution in [2.45, 2.75) is 31.4 Å². The van der Waals surface area contributed by atoms with Crippen LogP contribution in [0.4, 0.5) is 13.2 Å². The Hall–Kier alpha value is -4.03. The molecule has 0 radical (unpaired) electrons. The monoisotopic (exact) mass is 537 g/mol. The molecule has 1 aromatic heterocycles. The number of nitrogens with one attached hydrogen (secondary N) is 2. The first-order chi connectivity index (χ1) is 18.3. The normalized spacial score (nSPS) is 16.8. The lowest BCUT2D eigenvalue weighted by Crippen LogP contribution is -2.37. The summed E-state index contributed by atoms with van der Waals surface area (Å²) in [7, 11) is 0. The molecule has 1 aliphatic heterocycles. The van der Waals surface area contributed by atoms with Gasteiger partial charge in [-0.3, -0.25) is 9.80 Å². The third kappa shape index (κ3) is 5.46. The molecule has 0 aliphatic carbocycles. The van der Waals surface area contributed by atoms with Gasteiger partial charge in [-0.1, -0.05) is 79.3 Å². The molecular weight excluding hydrogens is 515 g/mol. The van der Waals surface area contributed by atoms with E-state index < -0.39 is 23.2 Å². The fourth-order valence-electron chi connectivity index (χ4n) is 4.06. The molecular formula is C26H22F3N7OS. The lowest BCUT2D eigenvalue weighted by atomic mass is 9.98. The topological polar surface area (TPSA) is 99.2 Å². The zero-order chi connectivity index (χ0) is 26.7. The van der Waals surface area contributed by atoms with E-state index in [-0.39, 0.29) is 5.37 Å². The van der Waals surface area contributed by atoms with Crippen LogP contribution in [0.2, 0.25) is 0 Å². The lowest BCUT2D eigenvalue weighted by Gasteiger charge is -2.19. The van der Waals surface area contributed by atoms with Crippen LogP contribution in [-0.2, 0) is 12.7 Å². The third-order valence-electron chi connectivity index (χ3n) is 5.93. The molecule has 1 atom stereocenters. The first kappa shape index (κ1) is 25.6. The minimum absolute atomic E-state index is 0.0551. The van der Waals surface area contributed by atoms with E-state index in [1.54, 1.807) is 5.01 Å². The van der Waals surface area contributed by atoms with Crippen molar-refractivity contribution >= 4 is 22.8 Å². The number of halogens is 3. The second-order valence-electron chi connectivity index (χ2n) is 8.45. The van der Waals surface area contributed by atoms with Crippen molar-refractivity contribution in [2.75, 3.05) is 0 Å². The van der Waals surface area contributed by atoms with Crippen molar-refractivity contribution in [1.82, 2.24) is 31.1 Å². The van der Waals surface area contributed by atoms with Crippen LogP contribution in [0.15, 0.2) is 77.8 Å². The Balaban J connectivity index is 1.38. The van der Waals surface area contributed by atoms with Gasteiger partial charge in [0.2, 0.25) is 5.82 Å². The summed E-state index contributed by atoms with van der Waals surface area (Å²) in [5.74, 6) is -0.441. The van der Waals surface area contributed by atoms with E-state index in [4.69, 9.17) is 0 Å². The van der Waals surface area contributed by atoms with Gasteiger partial charge < -0.3 is 0 Å². The molecule has 1 saturated heterocycles. The Kier molecular flexibility index (Phi) is 7.25. The highest BCUT2D eigenvalue weighted by atomic mass is 32.2. The quantitative estimate of drug-likeness (QED) is 0.333. The van der Waals surface area contributed by atoms with Gasteiger partial charge in [0.25, 0.3) is 5.91 Å². The molecule has 0 bridgehead atoms. The van der Waals surface area contributed by atoms with Crippen LogP contribution in [0.3, 0.4) is 0 Å².